The van der Waals surface area contributed by atoms with Crippen LogP contribution in [-0.2, 0) is 13.0 Å². The third-order valence-corrected chi connectivity index (χ3v) is 8.51. The van der Waals surface area contributed by atoms with E-state index in [0.717, 1.165) is 54.5 Å². The highest BCUT2D eigenvalue weighted by Crippen LogP contribution is 2.28. The molecule has 5 heteroatoms. The molecular formula is C36H47N5. The van der Waals surface area contributed by atoms with Crippen LogP contribution < -0.4 is 15.5 Å². The van der Waals surface area contributed by atoms with E-state index < -0.39 is 0 Å². The van der Waals surface area contributed by atoms with Gasteiger partial charge in [0.1, 0.15) is 5.82 Å². The van der Waals surface area contributed by atoms with Crippen molar-refractivity contribution in [1.29, 1.82) is 0 Å². The lowest BCUT2D eigenvalue weighted by Crippen LogP contribution is -2.31. The molecule has 0 bridgehead atoms. The van der Waals surface area contributed by atoms with Gasteiger partial charge in [0.15, 0.2) is 0 Å². The first-order valence-electron chi connectivity index (χ1n) is 15.7. The molecule has 0 saturated heterocycles. The van der Waals surface area contributed by atoms with Crippen molar-refractivity contribution in [2.75, 3.05) is 30.9 Å². The topological polar surface area (TPSA) is 53.1 Å². The minimum Gasteiger partial charge on any atom is -0.362 e. The minimum absolute atomic E-state index is 0.435. The number of aryl methyl sites for hydroxylation is 1. The van der Waals surface area contributed by atoms with Gasteiger partial charge in [-0.15, -0.1) is 0 Å². The summed E-state index contributed by atoms with van der Waals surface area (Å²) < 4.78 is 0. The van der Waals surface area contributed by atoms with Crippen molar-refractivity contribution in [3.63, 3.8) is 0 Å². The Bertz CT molecular complexity index is 1360. The van der Waals surface area contributed by atoms with E-state index in [1.165, 1.54) is 67.2 Å². The molecule has 5 nitrogen and oxygen atoms in total. The summed E-state index contributed by atoms with van der Waals surface area (Å²) in [7, 11) is 4.08. The van der Waals surface area contributed by atoms with Crippen LogP contribution >= 0.6 is 0 Å². The molecule has 0 spiro atoms. The summed E-state index contributed by atoms with van der Waals surface area (Å²) in [5.74, 6) is 2.44. The molecule has 1 aromatic heterocycles. The van der Waals surface area contributed by atoms with Crippen LogP contribution in [0.4, 0.5) is 11.8 Å². The SMILES string of the molecule is CCCCCCc1ccc(-c2ccc(CNCC3CCC(Nc4nc(N(C)C)c5ccccc5n4)CC3)cc2)cc1. The Hall–Kier alpha value is -3.44. The molecule has 4 aromatic rings. The maximum atomic E-state index is 4.83. The third kappa shape index (κ3) is 8.07. The van der Waals surface area contributed by atoms with Crippen molar-refractivity contribution in [3.05, 3.63) is 83.9 Å². The van der Waals surface area contributed by atoms with E-state index >= 15 is 0 Å². The second-order valence-electron chi connectivity index (χ2n) is 12.0. The number of hydrogen-bond donors (Lipinski definition) is 2. The van der Waals surface area contributed by atoms with Gasteiger partial charge in [-0.1, -0.05) is 86.8 Å². The van der Waals surface area contributed by atoms with Gasteiger partial charge in [0, 0.05) is 32.1 Å². The molecule has 2 N–H and O–H groups in total. The summed E-state index contributed by atoms with van der Waals surface area (Å²) >= 11 is 0. The summed E-state index contributed by atoms with van der Waals surface area (Å²) in [6.45, 7) is 4.27. The van der Waals surface area contributed by atoms with Crippen molar-refractivity contribution >= 4 is 22.7 Å². The first-order chi connectivity index (χ1) is 20.1. The predicted molar refractivity (Wildman–Crippen MR) is 175 cm³/mol. The number of benzene rings is 3. The minimum atomic E-state index is 0.435. The van der Waals surface area contributed by atoms with E-state index in [-0.39, 0.29) is 0 Å². The number of aromatic nitrogens is 2. The molecule has 216 valence electrons. The molecular weight excluding hydrogens is 502 g/mol. The van der Waals surface area contributed by atoms with Crippen molar-refractivity contribution in [2.24, 2.45) is 5.92 Å². The van der Waals surface area contributed by atoms with Crippen LogP contribution in [0.15, 0.2) is 72.8 Å². The molecule has 0 unspecified atom stereocenters. The number of unbranched alkanes of at least 4 members (excludes halogenated alkanes) is 3. The van der Waals surface area contributed by atoms with Gasteiger partial charge in [-0.3, -0.25) is 0 Å². The Morgan fingerprint density at radius 2 is 1.44 bits per heavy atom. The zero-order valence-corrected chi connectivity index (χ0v) is 25.2. The van der Waals surface area contributed by atoms with Gasteiger partial charge < -0.3 is 15.5 Å². The van der Waals surface area contributed by atoms with Gasteiger partial charge in [0.2, 0.25) is 5.95 Å². The van der Waals surface area contributed by atoms with Gasteiger partial charge >= 0.3 is 0 Å². The molecule has 0 atom stereocenters. The Kier molecular flexibility index (Phi) is 10.2. The van der Waals surface area contributed by atoms with Crippen molar-refractivity contribution in [3.8, 4) is 11.1 Å². The first kappa shape index (κ1) is 29.1. The van der Waals surface area contributed by atoms with E-state index in [0.29, 0.717) is 6.04 Å². The molecule has 5 rings (SSSR count). The average molecular weight is 550 g/mol. The zero-order chi connectivity index (χ0) is 28.4. The number of fused-ring (bicyclic) bond motifs is 1. The van der Waals surface area contributed by atoms with Crippen LogP contribution in [0.25, 0.3) is 22.0 Å². The summed E-state index contributed by atoms with van der Waals surface area (Å²) in [6.07, 6.45) is 11.2. The number of rotatable bonds is 13. The standard InChI is InChI=1S/C36H47N5/c1-4-5-6-7-10-27-13-19-30(20-14-27)31-21-15-28(16-22-31)25-37-26-29-17-23-32(24-18-29)38-36-39-34-12-9-8-11-33(34)35(40-36)41(2)3/h8-9,11-16,19-22,29,32,37H,4-7,10,17-18,23-26H2,1-3H3,(H,38,39,40). The largest absolute Gasteiger partial charge is 0.362 e. The number of anilines is 2. The first-order valence-corrected chi connectivity index (χ1v) is 15.7. The molecule has 0 amide bonds. The Labute approximate surface area is 246 Å². The zero-order valence-electron chi connectivity index (χ0n) is 25.2. The Morgan fingerprint density at radius 3 is 2.12 bits per heavy atom. The molecule has 1 fully saturated rings. The van der Waals surface area contributed by atoms with E-state index in [1.54, 1.807) is 0 Å². The average Bonchev–Trinajstić information content (AvgIpc) is 3.00. The fourth-order valence-electron chi connectivity index (χ4n) is 6.01. The Balaban J connectivity index is 1.04. The molecule has 3 aromatic carbocycles. The van der Waals surface area contributed by atoms with Gasteiger partial charge in [-0.25, -0.2) is 4.98 Å². The highest BCUT2D eigenvalue weighted by molar-refractivity contribution is 5.90. The summed E-state index contributed by atoms with van der Waals surface area (Å²) in [5.41, 5.74) is 6.40. The van der Waals surface area contributed by atoms with Crippen molar-refractivity contribution in [1.82, 2.24) is 15.3 Å². The lowest BCUT2D eigenvalue weighted by Gasteiger charge is -2.29. The second kappa shape index (κ2) is 14.5. The molecule has 1 aliphatic carbocycles. The normalized spacial score (nSPS) is 17.0. The fraction of sp³-hybridized carbons (Fsp3) is 0.444. The van der Waals surface area contributed by atoms with Crippen molar-refractivity contribution < 1.29 is 0 Å². The highest BCUT2D eigenvalue weighted by Gasteiger charge is 2.22. The fourth-order valence-corrected chi connectivity index (χ4v) is 6.01. The van der Waals surface area contributed by atoms with Crippen LogP contribution in [0, 0.1) is 5.92 Å². The smallest absolute Gasteiger partial charge is 0.225 e. The lowest BCUT2D eigenvalue weighted by atomic mass is 9.86. The third-order valence-electron chi connectivity index (χ3n) is 8.51. The molecule has 0 radical (unpaired) electrons. The van der Waals surface area contributed by atoms with Gasteiger partial charge in [-0.2, -0.15) is 4.98 Å². The number of nitrogens with one attached hydrogen (secondary N) is 2. The summed E-state index contributed by atoms with van der Waals surface area (Å²) in [4.78, 5) is 11.7. The quantitative estimate of drug-likeness (QED) is 0.164. The maximum Gasteiger partial charge on any atom is 0.225 e. The van der Waals surface area contributed by atoms with Crippen LogP contribution in [0.1, 0.15) is 69.4 Å². The Morgan fingerprint density at radius 1 is 0.756 bits per heavy atom. The molecule has 41 heavy (non-hydrogen) atoms. The number of para-hydroxylation sites is 1. The van der Waals surface area contributed by atoms with E-state index in [1.807, 2.05) is 26.2 Å². The van der Waals surface area contributed by atoms with Crippen LogP contribution in [-0.4, -0.2) is 36.6 Å². The number of hydrogen-bond acceptors (Lipinski definition) is 5. The van der Waals surface area contributed by atoms with Crippen LogP contribution in [0.5, 0.6) is 0 Å². The predicted octanol–water partition coefficient (Wildman–Crippen LogP) is 8.25. The lowest BCUT2D eigenvalue weighted by molar-refractivity contribution is 0.324. The van der Waals surface area contributed by atoms with E-state index in [2.05, 4.69) is 83.1 Å². The van der Waals surface area contributed by atoms with E-state index in [4.69, 9.17) is 9.97 Å². The van der Waals surface area contributed by atoms with Crippen molar-refractivity contribution in [2.45, 2.75) is 77.3 Å². The van der Waals surface area contributed by atoms with Crippen LogP contribution in [0.2, 0.25) is 0 Å². The van der Waals surface area contributed by atoms with Crippen LogP contribution in [0.3, 0.4) is 0 Å². The summed E-state index contributed by atoms with van der Waals surface area (Å²) in [6, 6.07) is 26.9. The van der Waals surface area contributed by atoms with E-state index in [9.17, 15) is 0 Å². The molecule has 1 heterocycles. The number of nitrogens with zero attached hydrogens (tertiary/aromatic N) is 3. The highest BCUT2D eigenvalue weighted by atomic mass is 15.2. The van der Waals surface area contributed by atoms with Gasteiger partial charge in [0.25, 0.3) is 0 Å². The van der Waals surface area contributed by atoms with Gasteiger partial charge in [0.05, 0.1) is 5.52 Å². The molecule has 1 aliphatic rings. The second-order valence-corrected chi connectivity index (χ2v) is 12.0. The maximum absolute atomic E-state index is 4.83. The monoisotopic (exact) mass is 549 g/mol. The van der Waals surface area contributed by atoms with Gasteiger partial charge in [-0.05, 0) is 85.4 Å². The summed E-state index contributed by atoms with van der Waals surface area (Å²) in [5, 5.41) is 8.45. The molecule has 1 saturated carbocycles. The molecule has 0 aliphatic heterocycles.